The summed E-state index contributed by atoms with van der Waals surface area (Å²) in [6, 6.07) is 9.00. The van der Waals surface area contributed by atoms with Gasteiger partial charge in [0.05, 0.1) is 12.6 Å². The van der Waals surface area contributed by atoms with Gasteiger partial charge in [0.2, 0.25) is 0 Å². The minimum absolute atomic E-state index is 0.335. The summed E-state index contributed by atoms with van der Waals surface area (Å²) in [6.45, 7) is 2.98. The predicted octanol–water partition coefficient (Wildman–Crippen LogP) is 1.33. The molecule has 1 aromatic rings. The Kier molecular flexibility index (Phi) is 5.63. The zero-order valence-corrected chi connectivity index (χ0v) is 13.3. The van der Waals surface area contributed by atoms with Gasteiger partial charge >= 0.3 is 0 Å². The van der Waals surface area contributed by atoms with Crippen LogP contribution in [0.25, 0.3) is 0 Å². The molecular weight excluding hydrogens is 298 g/mol. The molecular formula is C17H25NO5. The van der Waals surface area contributed by atoms with Crippen molar-refractivity contribution < 1.29 is 24.1 Å². The summed E-state index contributed by atoms with van der Waals surface area (Å²) in [6.07, 6.45) is -0.929. The van der Waals surface area contributed by atoms with Gasteiger partial charge in [-0.3, -0.25) is 0 Å². The first-order valence-corrected chi connectivity index (χ1v) is 8.23. The van der Waals surface area contributed by atoms with Crippen molar-refractivity contribution in [3.63, 3.8) is 0 Å². The van der Waals surface area contributed by atoms with Crippen molar-refractivity contribution >= 4 is 0 Å². The molecule has 0 aromatic heterocycles. The highest BCUT2D eigenvalue weighted by Crippen LogP contribution is 2.33. The van der Waals surface area contributed by atoms with E-state index in [0.717, 1.165) is 18.4 Å². The van der Waals surface area contributed by atoms with Crippen LogP contribution in [0.2, 0.25) is 0 Å². The molecule has 2 heterocycles. The molecule has 3 rings (SSSR count). The van der Waals surface area contributed by atoms with Crippen molar-refractivity contribution in [2.45, 2.75) is 56.7 Å². The first-order valence-electron chi connectivity index (χ1n) is 8.23. The van der Waals surface area contributed by atoms with Gasteiger partial charge in [-0.15, -0.1) is 0 Å². The first kappa shape index (κ1) is 16.8. The summed E-state index contributed by atoms with van der Waals surface area (Å²) in [4.78, 5) is 0. The van der Waals surface area contributed by atoms with E-state index in [1.807, 2.05) is 30.3 Å². The quantitative estimate of drug-likeness (QED) is 0.796. The van der Waals surface area contributed by atoms with E-state index in [4.69, 9.17) is 24.7 Å². The van der Waals surface area contributed by atoms with Crippen LogP contribution >= 0.6 is 0 Å². The average molecular weight is 323 g/mol. The lowest BCUT2D eigenvalue weighted by Crippen LogP contribution is -2.65. The predicted molar refractivity (Wildman–Crippen MR) is 83.5 cm³/mol. The summed E-state index contributed by atoms with van der Waals surface area (Å²) in [7, 11) is 0. The molecule has 0 bridgehead atoms. The van der Waals surface area contributed by atoms with Crippen molar-refractivity contribution in [1.82, 2.24) is 0 Å². The van der Waals surface area contributed by atoms with Gasteiger partial charge in [0.25, 0.3) is 0 Å². The standard InChI is InChI=1S/C17H25NO5/c1-2-3-9-20-17-13(18)14(19)15-12(22-17)10-21-16(23-15)11-7-5-4-6-8-11/h4-8,12-17,19H,2-3,9-10,18H2,1H3/t12-,13-,14-,15-,16?,17-/m1/s1. The number of benzene rings is 1. The van der Waals surface area contributed by atoms with E-state index in [2.05, 4.69) is 6.92 Å². The lowest BCUT2D eigenvalue weighted by molar-refractivity contribution is -0.342. The second kappa shape index (κ2) is 7.70. The maximum Gasteiger partial charge on any atom is 0.184 e. The molecule has 2 saturated heterocycles. The number of aliphatic hydroxyl groups is 1. The maximum atomic E-state index is 10.5. The number of aliphatic hydroxyl groups excluding tert-OH is 1. The minimum Gasteiger partial charge on any atom is -0.388 e. The van der Waals surface area contributed by atoms with Crippen LogP contribution in [0.4, 0.5) is 0 Å². The van der Waals surface area contributed by atoms with Gasteiger partial charge in [-0.25, -0.2) is 0 Å². The van der Waals surface area contributed by atoms with Crippen LogP contribution in [-0.4, -0.2) is 49.0 Å². The van der Waals surface area contributed by atoms with Gasteiger partial charge in [0, 0.05) is 12.2 Å². The fourth-order valence-electron chi connectivity index (χ4n) is 2.89. The number of hydrogen-bond donors (Lipinski definition) is 2. The van der Waals surface area contributed by atoms with Crippen LogP contribution in [0, 0.1) is 0 Å². The van der Waals surface area contributed by atoms with Gasteiger partial charge in [0.15, 0.2) is 12.6 Å². The third-order valence-corrected chi connectivity index (χ3v) is 4.26. The van der Waals surface area contributed by atoms with Crippen molar-refractivity contribution in [3.8, 4) is 0 Å². The van der Waals surface area contributed by atoms with Gasteiger partial charge in [-0.05, 0) is 6.42 Å². The van der Waals surface area contributed by atoms with Crippen LogP contribution in [0.5, 0.6) is 0 Å². The Morgan fingerprint density at radius 2 is 2.04 bits per heavy atom. The van der Waals surface area contributed by atoms with Crippen LogP contribution in [0.3, 0.4) is 0 Å². The number of rotatable bonds is 5. The molecule has 1 unspecified atom stereocenters. The van der Waals surface area contributed by atoms with Crippen molar-refractivity contribution in [2.75, 3.05) is 13.2 Å². The van der Waals surface area contributed by atoms with Crippen LogP contribution in [0.15, 0.2) is 30.3 Å². The number of unbranched alkanes of at least 4 members (excludes halogenated alkanes) is 1. The Bertz CT molecular complexity index is 483. The summed E-state index contributed by atoms with van der Waals surface area (Å²) < 4.78 is 23.1. The molecule has 0 saturated carbocycles. The molecule has 2 fully saturated rings. The highest BCUT2D eigenvalue weighted by Gasteiger charge is 2.48. The van der Waals surface area contributed by atoms with E-state index in [0.29, 0.717) is 13.2 Å². The zero-order valence-electron chi connectivity index (χ0n) is 13.3. The van der Waals surface area contributed by atoms with Gasteiger partial charge < -0.3 is 29.8 Å². The fraction of sp³-hybridized carbons (Fsp3) is 0.647. The van der Waals surface area contributed by atoms with E-state index in [9.17, 15) is 5.11 Å². The molecule has 0 spiro atoms. The van der Waals surface area contributed by atoms with E-state index in [-0.39, 0.29) is 6.10 Å². The summed E-state index contributed by atoms with van der Waals surface area (Å²) in [5.41, 5.74) is 6.99. The SMILES string of the molecule is CCCCO[C@@H]1O[C@@H]2COC(c3ccccc3)O[C@H]2[C@H](O)[C@H]1N. The zero-order chi connectivity index (χ0) is 16.2. The molecule has 6 nitrogen and oxygen atoms in total. The second-order valence-corrected chi connectivity index (χ2v) is 6.01. The Hall–Kier alpha value is -1.02. The van der Waals surface area contributed by atoms with Crippen molar-refractivity contribution in [2.24, 2.45) is 5.73 Å². The van der Waals surface area contributed by atoms with E-state index in [1.165, 1.54) is 0 Å². The number of hydrogen-bond acceptors (Lipinski definition) is 6. The molecule has 1 aromatic carbocycles. The molecule has 2 aliphatic rings. The van der Waals surface area contributed by atoms with E-state index >= 15 is 0 Å². The Morgan fingerprint density at radius 3 is 2.78 bits per heavy atom. The van der Waals surface area contributed by atoms with E-state index < -0.39 is 30.8 Å². The van der Waals surface area contributed by atoms with Crippen LogP contribution in [-0.2, 0) is 18.9 Å². The fourth-order valence-corrected chi connectivity index (χ4v) is 2.89. The molecule has 0 radical (unpaired) electrons. The van der Waals surface area contributed by atoms with Gasteiger partial charge in [-0.1, -0.05) is 43.7 Å². The molecule has 23 heavy (non-hydrogen) atoms. The third-order valence-electron chi connectivity index (χ3n) is 4.26. The van der Waals surface area contributed by atoms with Crippen LogP contribution < -0.4 is 5.73 Å². The summed E-state index contributed by atoms with van der Waals surface area (Å²) >= 11 is 0. The minimum atomic E-state index is -0.851. The highest BCUT2D eigenvalue weighted by atomic mass is 16.7. The molecule has 3 N–H and O–H groups in total. The van der Waals surface area contributed by atoms with Crippen molar-refractivity contribution in [3.05, 3.63) is 35.9 Å². The first-order chi connectivity index (χ1) is 11.2. The maximum absolute atomic E-state index is 10.5. The lowest BCUT2D eigenvalue weighted by Gasteiger charge is -2.46. The molecule has 6 heteroatoms. The molecule has 6 atom stereocenters. The smallest absolute Gasteiger partial charge is 0.184 e. The lowest BCUT2D eigenvalue weighted by atomic mass is 9.96. The largest absolute Gasteiger partial charge is 0.388 e. The number of fused-ring (bicyclic) bond motifs is 1. The monoisotopic (exact) mass is 323 g/mol. The average Bonchev–Trinajstić information content (AvgIpc) is 2.60. The molecule has 128 valence electrons. The summed E-state index contributed by atoms with van der Waals surface area (Å²) in [5, 5.41) is 10.5. The Balaban J connectivity index is 1.63. The Morgan fingerprint density at radius 1 is 1.26 bits per heavy atom. The Labute approximate surface area is 136 Å². The number of nitrogens with two attached hydrogens (primary N) is 1. The molecule has 0 amide bonds. The molecule has 0 aliphatic carbocycles. The highest BCUT2D eigenvalue weighted by molar-refractivity contribution is 5.16. The van der Waals surface area contributed by atoms with Crippen molar-refractivity contribution in [1.29, 1.82) is 0 Å². The normalized spacial score (nSPS) is 37.3. The van der Waals surface area contributed by atoms with Crippen LogP contribution in [0.1, 0.15) is 31.6 Å². The van der Waals surface area contributed by atoms with Gasteiger partial charge in [-0.2, -0.15) is 0 Å². The topological polar surface area (TPSA) is 83.2 Å². The second-order valence-electron chi connectivity index (χ2n) is 6.01. The third kappa shape index (κ3) is 3.74. The van der Waals surface area contributed by atoms with Gasteiger partial charge in [0.1, 0.15) is 18.3 Å². The van der Waals surface area contributed by atoms with E-state index in [1.54, 1.807) is 0 Å². The summed E-state index contributed by atoms with van der Waals surface area (Å²) in [5.74, 6) is 0. The number of ether oxygens (including phenoxy) is 4. The molecule has 2 aliphatic heterocycles.